The van der Waals surface area contributed by atoms with Crippen LogP contribution in [-0.4, -0.2) is 38.0 Å². The molecule has 0 unspecified atom stereocenters. The number of nitrogens with one attached hydrogen (secondary N) is 1. The summed E-state index contributed by atoms with van der Waals surface area (Å²) in [4.78, 5) is 22.6. The average Bonchev–Trinajstić information content (AvgIpc) is 3.05. The Labute approximate surface area is 111 Å². The van der Waals surface area contributed by atoms with Gasteiger partial charge in [-0.1, -0.05) is 5.21 Å². The van der Waals surface area contributed by atoms with E-state index in [0.29, 0.717) is 12.2 Å². The third-order valence-electron chi connectivity index (χ3n) is 2.94. The first-order valence-corrected chi connectivity index (χ1v) is 6.45. The molecule has 1 fully saturated rings. The smallest absolute Gasteiger partial charge is 0.358 e. The number of rotatable bonds is 6. The number of carboxylic acid groups (broad SMARTS) is 1. The summed E-state index contributed by atoms with van der Waals surface area (Å²) >= 11 is 0. The maximum Gasteiger partial charge on any atom is 0.358 e. The highest BCUT2D eigenvalue weighted by Crippen LogP contribution is 2.41. The number of carbonyl (C=O) groups excluding carboxylic acids is 1. The number of hydrogen-bond acceptors (Lipinski definition) is 4. The average molecular weight is 266 g/mol. The van der Waals surface area contributed by atoms with Gasteiger partial charge < -0.3 is 10.4 Å². The summed E-state index contributed by atoms with van der Waals surface area (Å²) in [5.74, 6) is -0.891. The van der Waals surface area contributed by atoms with Crippen LogP contribution in [-0.2, 0) is 11.3 Å². The van der Waals surface area contributed by atoms with E-state index in [-0.39, 0.29) is 30.0 Å². The van der Waals surface area contributed by atoms with E-state index in [1.807, 2.05) is 13.8 Å². The Hall–Kier alpha value is -1.92. The molecular weight excluding hydrogens is 248 g/mol. The third-order valence-corrected chi connectivity index (χ3v) is 2.94. The van der Waals surface area contributed by atoms with Gasteiger partial charge in [0.1, 0.15) is 0 Å². The molecule has 0 saturated heterocycles. The van der Waals surface area contributed by atoms with Crippen molar-refractivity contribution in [2.45, 2.75) is 51.6 Å². The van der Waals surface area contributed by atoms with Crippen LogP contribution in [0.15, 0.2) is 0 Å². The van der Waals surface area contributed by atoms with Gasteiger partial charge in [-0.2, -0.15) is 0 Å². The molecular formula is C12H18N4O3. The molecule has 19 heavy (non-hydrogen) atoms. The van der Waals surface area contributed by atoms with Crippen molar-refractivity contribution < 1.29 is 14.7 Å². The summed E-state index contributed by atoms with van der Waals surface area (Å²) in [6.07, 6.45) is 2.21. The zero-order valence-corrected chi connectivity index (χ0v) is 11.1. The second-order valence-electron chi connectivity index (χ2n) is 5.10. The number of carboxylic acids is 1. The first kappa shape index (κ1) is 13.5. The van der Waals surface area contributed by atoms with Crippen LogP contribution < -0.4 is 5.32 Å². The lowest BCUT2D eigenvalue weighted by molar-refractivity contribution is -0.121. The molecule has 1 aromatic heterocycles. The van der Waals surface area contributed by atoms with Gasteiger partial charge in [-0.15, -0.1) is 5.10 Å². The van der Waals surface area contributed by atoms with Crippen molar-refractivity contribution in [3.63, 3.8) is 0 Å². The zero-order chi connectivity index (χ0) is 14.0. The minimum Gasteiger partial charge on any atom is -0.476 e. The van der Waals surface area contributed by atoms with E-state index in [1.54, 1.807) is 4.68 Å². The van der Waals surface area contributed by atoms with E-state index in [4.69, 9.17) is 5.11 Å². The number of carbonyl (C=O) groups is 2. The van der Waals surface area contributed by atoms with E-state index in [1.165, 1.54) is 0 Å². The lowest BCUT2D eigenvalue weighted by atomic mass is 10.2. The van der Waals surface area contributed by atoms with E-state index >= 15 is 0 Å². The predicted molar refractivity (Wildman–Crippen MR) is 66.9 cm³/mol. The van der Waals surface area contributed by atoms with E-state index in [9.17, 15) is 9.59 Å². The Kier molecular flexibility index (Phi) is 3.82. The summed E-state index contributed by atoms with van der Waals surface area (Å²) in [7, 11) is 0. The van der Waals surface area contributed by atoms with Gasteiger partial charge in [0.15, 0.2) is 5.69 Å². The fourth-order valence-electron chi connectivity index (χ4n) is 2.00. The van der Waals surface area contributed by atoms with Gasteiger partial charge in [0.05, 0.1) is 12.2 Å². The molecule has 2 N–H and O–H groups in total. The van der Waals surface area contributed by atoms with Crippen molar-refractivity contribution >= 4 is 11.9 Å². The molecule has 2 rings (SSSR count). The normalized spacial score (nSPS) is 14.7. The molecule has 1 aliphatic carbocycles. The second-order valence-corrected chi connectivity index (χ2v) is 5.10. The molecule has 1 aromatic rings. The monoisotopic (exact) mass is 266 g/mol. The molecule has 1 aliphatic rings. The van der Waals surface area contributed by atoms with Crippen molar-refractivity contribution in [1.29, 1.82) is 0 Å². The second kappa shape index (κ2) is 5.38. The van der Waals surface area contributed by atoms with Gasteiger partial charge in [0.25, 0.3) is 0 Å². The summed E-state index contributed by atoms with van der Waals surface area (Å²) in [5, 5.41) is 19.4. The van der Waals surface area contributed by atoms with Crippen LogP contribution in [0, 0.1) is 0 Å². The van der Waals surface area contributed by atoms with E-state index in [0.717, 1.165) is 12.8 Å². The lowest BCUT2D eigenvalue weighted by Gasteiger charge is -2.09. The van der Waals surface area contributed by atoms with Crippen molar-refractivity contribution in [3.05, 3.63) is 11.4 Å². The van der Waals surface area contributed by atoms with Gasteiger partial charge in [0.2, 0.25) is 5.91 Å². The molecule has 104 valence electrons. The minimum absolute atomic E-state index is 0.0202. The summed E-state index contributed by atoms with van der Waals surface area (Å²) < 4.78 is 1.56. The molecule has 7 nitrogen and oxygen atoms in total. The van der Waals surface area contributed by atoms with Gasteiger partial charge >= 0.3 is 5.97 Å². The highest BCUT2D eigenvalue weighted by atomic mass is 16.4. The molecule has 0 atom stereocenters. The number of aryl methyl sites for hydroxylation is 1. The Morgan fingerprint density at radius 2 is 2.16 bits per heavy atom. The van der Waals surface area contributed by atoms with Crippen molar-refractivity contribution in [2.75, 3.05) is 0 Å². The van der Waals surface area contributed by atoms with Crippen LogP contribution in [0.25, 0.3) is 0 Å². The van der Waals surface area contributed by atoms with E-state index in [2.05, 4.69) is 15.6 Å². The predicted octanol–water partition coefficient (Wildman–Crippen LogP) is 0.768. The molecule has 1 saturated carbocycles. The first-order chi connectivity index (χ1) is 8.99. The van der Waals surface area contributed by atoms with Gasteiger partial charge in [-0.25, -0.2) is 9.48 Å². The molecule has 0 spiro atoms. The summed E-state index contributed by atoms with van der Waals surface area (Å²) in [6, 6.07) is 0.0979. The number of aromatic carboxylic acids is 1. The topological polar surface area (TPSA) is 97.1 Å². The number of amides is 1. The van der Waals surface area contributed by atoms with Crippen LogP contribution in [0.5, 0.6) is 0 Å². The lowest BCUT2D eigenvalue weighted by Crippen LogP contribution is -2.31. The highest BCUT2D eigenvalue weighted by Gasteiger charge is 2.33. The maximum atomic E-state index is 11.6. The largest absolute Gasteiger partial charge is 0.476 e. The quantitative estimate of drug-likeness (QED) is 0.792. The number of hydrogen-bond donors (Lipinski definition) is 2. The molecule has 0 bridgehead atoms. The standard InChI is InChI=1S/C12H18N4O3/c1-7(2)13-9(17)5-6-16-11(8-3-4-8)10(12(18)19)14-15-16/h7-8H,3-6H2,1-2H3,(H,13,17)(H,18,19). The Bertz CT molecular complexity index is 491. The molecule has 0 aliphatic heterocycles. The number of aromatic nitrogens is 3. The van der Waals surface area contributed by atoms with Crippen molar-refractivity contribution in [3.8, 4) is 0 Å². The van der Waals surface area contributed by atoms with Crippen LogP contribution in [0.2, 0.25) is 0 Å². The van der Waals surface area contributed by atoms with E-state index < -0.39 is 5.97 Å². The van der Waals surface area contributed by atoms with Crippen molar-refractivity contribution in [1.82, 2.24) is 20.3 Å². The Morgan fingerprint density at radius 1 is 1.47 bits per heavy atom. The van der Waals surface area contributed by atoms with Crippen LogP contribution in [0.3, 0.4) is 0 Å². The number of nitrogens with zero attached hydrogens (tertiary/aromatic N) is 3. The first-order valence-electron chi connectivity index (χ1n) is 6.45. The third kappa shape index (κ3) is 3.30. The zero-order valence-electron chi connectivity index (χ0n) is 11.1. The molecule has 1 amide bonds. The van der Waals surface area contributed by atoms with Gasteiger partial charge in [-0.3, -0.25) is 4.79 Å². The van der Waals surface area contributed by atoms with Crippen LogP contribution in [0.4, 0.5) is 0 Å². The minimum atomic E-state index is -1.06. The highest BCUT2D eigenvalue weighted by molar-refractivity contribution is 5.86. The summed E-state index contributed by atoms with van der Waals surface area (Å²) in [6.45, 7) is 4.15. The SMILES string of the molecule is CC(C)NC(=O)CCn1nnc(C(=O)O)c1C1CC1. The van der Waals surface area contributed by atoms with Gasteiger partial charge in [-0.05, 0) is 26.7 Å². The molecule has 0 aromatic carbocycles. The molecule has 7 heteroatoms. The fraction of sp³-hybridized carbons (Fsp3) is 0.667. The molecule has 1 heterocycles. The maximum absolute atomic E-state index is 11.6. The van der Waals surface area contributed by atoms with Crippen LogP contribution >= 0.6 is 0 Å². The molecule has 0 radical (unpaired) electrons. The Balaban J connectivity index is 2.04. The van der Waals surface area contributed by atoms with Gasteiger partial charge in [0, 0.05) is 18.4 Å². The van der Waals surface area contributed by atoms with Crippen LogP contribution in [0.1, 0.15) is 55.2 Å². The fourth-order valence-corrected chi connectivity index (χ4v) is 2.00. The van der Waals surface area contributed by atoms with Crippen molar-refractivity contribution in [2.24, 2.45) is 0 Å². The summed E-state index contributed by atoms with van der Waals surface area (Å²) in [5.41, 5.74) is 0.677. The Morgan fingerprint density at radius 3 is 2.68 bits per heavy atom.